The molecule has 0 aromatic heterocycles. The van der Waals surface area contributed by atoms with Gasteiger partial charge in [0.2, 0.25) is 0 Å². The first-order valence-corrected chi connectivity index (χ1v) is 8.00. The number of aryl methyl sites for hydroxylation is 1. The number of hydrogen-bond acceptors (Lipinski definition) is 2. The molecule has 0 radical (unpaired) electrons. The van der Waals surface area contributed by atoms with Crippen LogP contribution in [-0.2, 0) is 6.42 Å². The maximum Gasteiger partial charge on any atom is 0.0366 e. The largest absolute Gasteiger partial charge is 0.382 e. The second-order valence-electron chi connectivity index (χ2n) is 5.79. The van der Waals surface area contributed by atoms with Gasteiger partial charge in [0.1, 0.15) is 0 Å². The lowest BCUT2D eigenvalue weighted by Crippen LogP contribution is -2.39. The van der Waals surface area contributed by atoms with Crippen molar-refractivity contribution in [2.75, 3.05) is 23.3 Å². The second kappa shape index (κ2) is 6.66. The quantitative estimate of drug-likeness (QED) is 0.896. The maximum atomic E-state index is 3.68. The average molecular weight is 280 g/mol. The van der Waals surface area contributed by atoms with Crippen molar-refractivity contribution in [2.24, 2.45) is 0 Å². The average Bonchev–Trinajstić information content (AvgIpc) is 2.57. The van der Waals surface area contributed by atoms with Gasteiger partial charge in [0.05, 0.1) is 0 Å². The highest BCUT2D eigenvalue weighted by Crippen LogP contribution is 2.22. The second-order valence-corrected chi connectivity index (χ2v) is 5.79. The predicted octanol–water partition coefficient (Wildman–Crippen LogP) is 4.33. The Balaban J connectivity index is 1.53. The molecule has 1 heterocycles. The Kier molecular flexibility index (Phi) is 4.44. The highest BCUT2D eigenvalue weighted by Gasteiger charge is 2.18. The van der Waals surface area contributed by atoms with E-state index in [1.807, 2.05) is 0 Å². The van der Waals surface area contributed by atoms with E-state index in [2.05, 4.69) is 71.7 Å². The van der Waals surface area contributed by atoms with Gasteiger partial charge in [0, 0.05) is 30.5 Å². The van der Waals surface area contributed by atoms with Crippen LogP contribution in [0.5, 0.6) is 0 Å². The molecular weight excluding hydrogens is 256 g/mol. The lowest BCUT2D eigenvalue weighted by molar-refractivity contribution is 0.527. The molecule has 0 amide bonds. The molecule has 1 N–H and O–H groups in total. The van der Waals surface area contributed by atoms with E-state index in [4.69, 9.17) is 0 Å². The van der Waals surface area contributed by atoms with Crippen molar-refractivity contribution in [3.8, 4) is 0 Å². The van der Waals surface area contributed by atoms with Crippen LogP contribution in [0, 0.1) is 0 Å². The van der Waals surface area contributed by atoms with Crippen LogP contribution in [0.3, 0.4) is 0 Å². The van der Waals surface area contributed by atoms with Crippen LogP contribution in [0.1, 0.15) is 25.3 Å². The number of nitrogens with one attached hydrogen (secondary N) is 1. The van der Waals surface area contributed by atoms with Gasteiger partial charge in [0.25, 0.3) is 0 Å². The SMILES string of the molecule is CCc1ccc(NC2CCN(c3ccccc3)CC2)cc1. The van der Waals surface area contributed by atoms with Gasteiger partial charge < -0.3 is 10.2 Å². The molecule has 3 rings (SSSR count). The molecule has 2 nitrogen and oxygen atoms in total. The van der Waals surface area contributed by atoms with E-state index in [9.17, 15) is 0 Å². The van der Waals surface area contributed by atoms with Crippen LogP contribution < -0.4 is 10.2 Å². The summed E-state index contributed by atoms with van der Waals surface area (Å²) in [5, 5.41) is 3.68. The van der Waals surface area contributed by atoms with Gasteiger partial charge in [-0.1, -0.05) is 37.3 Å². The molecule has 0 atom stereocenters. The van der Waals surface area contributed by atoms with E-state index in [-0.39, 0.29) is 0 Å². The summed E-state index contributed by atoms with van der Waals surface area (Å²) in [4.78, 5) is 2.48. The first-order valence-electron chi connectivity index (χ1n) is 8.00. The fourth-order valence-electron chi connectivity index (χ4n) is 2.99. The first-order chi connectivity index (χ1) is 10.3. The molecule has 1 aliphatic rings. The molecule has 21 heavy (non-hydrogen) atoms. The summed E-state index contributed by atoms with van der Waals surface area (Å²) in [6, 6.07) is 20.2. The Morgan fingerprint density at radius 2 is 1.62 bits per heavy atom. The summed E-state index contributed by atoms with van der Waals surface area (Å²) in [7, 11) is 0. The lowest BCUT2D eigenvalue weighted by atomic mass is 10.0. The number of hydrogen-bond donors (Lipinski definition) is 1. The van der Waals surface area contributed by atoms with E-state index < -0.39 is 0 Å². The van der Waals surface area contributed by atoms with Crippen LogP contribution in [0.25, 0.3) is 0 Å². The minimum absolute atomic E-state index is 0.595. The van der Waals surface area contributed by atoms with Gasteiger partial charge in [-0.05, 0) is 49.1 Å². The summed E-state index contributed by atoms with van der Waals surface area (Å²) in [5.74, 6) is 0. The molecule has 2 aromatic rings. The zero-order chi connectivity index (χ0) is 14.5. The van der Waals surface area contributed by atoms with E-state index in [0.717, 1.165) is 19.5 Å². The number of anilines is 2. The molecule has 0 saturated carbocycles. The first kappa shape index (κ1) is 14.0. The van der Waals surface area contributed by atoms with Gasteiger partial charge in [-0.3, -0.25) is 0 Å². The fourth-order valence-corrected chi connectivity index (χ4v) is 2.99. The number of para-hydroxylation sites is 1. The Morgan fingerprint density at radius 1 is 0.952 bits per heavy atom. The normalized spacial score (nSPS) is 16.0. The maximum absolute atomic E-state index is 3.68. The van der Waals surface area contributed by atoms with E-state index in [1.165, 1.54) is 29.8 Å². The Hall–Kier alpha value is -1.96. The molecule has 0 bridgehead atoms. The fraction of sp³-hybridized carbons (Fsp3) is 0.368. The molecule has 1 fully saturated rings. The van der Waals surface area contributed by atoms with E-state index >= 15 is 0 Å². The lowest BCUT2D eigenvalue weighted by Gasteiger charge is -2.34. The molecule has 1 aliphatic heterocycles. The van der Waals surface area contributed by atoms with Crippen LogP contribution in [0.4, 0.5) is 11.4 Å². The Morgan fingerprint density at radius 3 is 2.24 bits per heavy atom. The predicted molar refractivity (Wildman–Crippen MR) is 91.1 cm³/mol. The van der Waals surface area contributed by atoms with E-state index in [1.54, 1.807) is 0 Å². The Bertz CT molecular complexity index is 540. The van der Waals surface area contributed by atoms with Crippen molar-refractivity contribution >= 4 is 11.4 Å². The molecule has 0 spiro atoms. The minimum atomic E-state index is 0.595. The van der Waals surface area contributed by atoms with Crippen LogP contribution in [0.2, 0.25) is 0 Å². The monoisotopic (exact) mass is 280 g/mol. The van der Waals surface area contributed by atoms with Crippen molar-refractivity contribution in [3.63, 3.8) is 0 Å². The summed E-state index contributed by atoms with van der Waals surface area (Å²) in [5.41, 5.74) is 4.01. The van der Waals surface area contributed by atoms with Crippen LogP contribution in [0.15, 0.2) is 54.6 Å². The smallest absolute Gasteiger partial charge is 0.0366 e. The van der Waals surface area contributed by atoms with Crippen molar-refractivity contribution in [1.29, 1.82) is 0 Å². The molecule has 110 valence electrons. The number of benzene rings is 2. The summed E-state index contributed by atoms with van der Waals surface area (Å²) < 4.78 is 0. The number of nitrogens with zero attached hydrogens (tertiary/aromatic N) is 1. The third-order valence-corrected chi connectivity index (χ3v) is 4.35. The van der Waals surface area contributed by atoms with Gasteiger partial charge in [0.15, 0.2) is 0 Å². The van der Waals surface area contributed by atoms with E-state index in [0.29, 0.717) is 6.04 Å². The van der Waals surface area contributed by atoms with Crippen molar-refractivity contribution in [2.45, 2.75) is 32.2 Å². The van der Waals surface area contributed by atoms with Crippen molar-refractivity contribution in [1.82, 2.24) is 0 Å². The molecule has 2 aromatic carbocycles. The summed E-state index contributed by atoms with van der Waals surface area (Å²) in [6.07, 6.45) is 3.50. The number of piperidine rings is 1. The van der Waals surface area contributed by atoms with Crippen molar-refractivity contribution < 1.29 is 0 Å². The molecule has 1 saturated heterocycles. The summed E-state index contributed by atoms with van der Waals surface area (Å²) >= 11 is 0. The van der Waals surface area contributed by atoms with Gasteiger partial charge in [-0.2, -0.15) is 0 Å². The van der Waals surface area contributed by atoms with Crippen LogP contribution >= 0.6 is 0 Å². The zero-order valence-corrected chi connectivity index (χ0v) is 12.8. The molecular formula is C19H24N2. The zero-order valence-electron chi connectivity index (χ0n) is 12.8. The van der Waals surface area contributed by atoms with Gasteiger partial charge in [-0.25, -0.2) is 0 Å². The van der Waals surface area contributed by atoms with Gasteiger partial charge >= 0.3 is 0 Å². The third-order valence-electron chi connectivity index (χ3n) is 4.35. The van der Waals surface area contributed by atoms with Gasteiger partial charge in [-0.15, -0.1) is 0 Å². The minimum Gasteiger partial charge on any atom is -0.382 e. The van der Waals surface area contributed by atoms with Crippen LogP contribution in [-0.4, -0.2) is 19.1 Å². The highest BCUT2D eigenvalue weighted by molar-refractivity contribution is 5.48. The highest BCUT2D eigenvalue weighted by atomic mass is 15.1. The number of rotatable bonds is 4. The topological polar surface area (TPSA) is 15.3 Å². The standard InChI is InChI=1S/C19H24N2/c1-2-16-8-10-17(11-9-16)20-18-12-14-21(15-13-18)19-6-4-3-5-7-19/h3-11,18,20H,2,12-15H2,1H3. The third kappa shape index (κ3) is 3.57. The Labute approximate surface area is 127 Å². The molecule has 2 heteroatoms. The molecule has 0 aliphatic carbocycles. The summed E-state index contributed by atoms with van der Waals surface area (Å²) in [6.45, 7) is 4.46. The molecule has 0 unspecified atom stereocenters. The van der Waals surface area contributed by atoms with Crippen molar-refractivity contribution in [3.05, 3.63) is 60.2 Å².